The van der Waals surface area contributed by atoms with Crippen molar-refractivity contribution in [2.24, 2.45) is 5.92 Å². The standard InChI is InChI=1S/C9H18NO4S2/c1-10(2,3)8-6-16(13,14)9(8)7-4-15(11,12)5-7/h7-9H,4-6H2,1-3H3/q+1. The van der Waals surface area contributed by atoms with Crippen LogP contribution in [0, 0.1) is 5.92 Å². The molecule has 2 aliphatic rings. The van der Waals surface area contributed by atoms with Crippen LogP contribution in [0.3, 0.4) is 0 Å². The number of quaternary nitrogens is 1. The third-order valence-corrected chi connectivity index (χ3v) is 7.80. The number of nitrogens with zero attached hydrogens (tertiary/aromatic N) is 1. The minimum atomic E-state index is -3.04. The van der Waals surface area contributed by atoms with E-state index in [0.29, 0.717) is 4.48 Å². The second-order valence-electron chi connectivity index (χ2n) is 5.81. The van der Waals surface area contributed by atoms with Gasteiger partial charge >= 0.3 is 0 Å². The van der Waals surface area contributed by atoms with Gasteiger partial charge in [0.1, 0.15) is 17.0 Å². The van der Waals surface area contributed by atoms with Gasteiger partial charge < -0.3 is 4.48 Å². The van der Waals surface area contributed by atoms with Crippen molar-refractivity contribution in [2.75, 3.05) is 38.4 Å². The smallest absolute Gasteiger partial charge is 0.165 e. The molecule has 0 radical (unpaired) electrons. The van der Waals surface area contributed by atoms with Gasteiger partial charge in [-0.2, -0.15) is 0 Å². The third-order valence-electron chi connectivity index (χ3n) is 3.59. The quantitative estimate of drug-likeness (QED) is 0.596. The Hall–Kier alpha value is -0.140. The summed E-state index contributed by atoms with van der Waals surface area (Å²) in [5.74, 6) is 0.115. The van der Waals surface area contributed by atoms with E-state index in [9.17, 15) is 16.8 Å². The van der Waals surface area contributed by atoms with Crippen LogP contribution in [-0.2, 0) is 19.7 Å². The first-order valence-electron chi connectivity index (χ1n) is 5.26. The summed E-state index contributed by atoms with van der Waals surface area (Å²) in [6.07, 6.45) is 0. The van der Waals surface area contributed by atoms with Crippen LogP contribution in [0.25, 0.3) is 0 Å². The van der Waals surface area contributed by atoms with Gasteiger partial charge in [-0.15, -0.1) is 0 Å². The molecule has 2 unspecified atom stereocenters. The van der Waals surface area contributed by atoms with E-state index in [1.165, 1.54) is 0 Å². The molecule has 2 atom stereocenters. The Balaban J connectivity index is 2.18. The van der Waals surface area contributed by atoms with E-state index in [1.807, 2.05) is 21.1 Å². The predicted octanol–water partition coefficient (Wildman–Crippen LogP) is -1.10. The first kappa shape index (κ1) is 12.3. The lowest BCUT2D eigenvalue weighted by Crippen LogP contribution is -2.70. The highest BCUT2D eigenvalue weighted by Gasteiger charge is 2.60. The Morgan fingerprint density at radius 3 is 1.75 bits per heavy atom. The van der Waals surface area contributed by atoms with Crippen LogP contribution in [0.5, 0.6) is 0 Å². The van der Waals surface area contributed by atoms with E-state index in [0.717, 1.165) is 0 Å². The lowest BCUT2D eigenvalue weighted by molar-refractivity contribution is -0.895. The van der Waals surface area contributed by atoms with Gasteiger partial charge in [0.2, 0.25) is 0 Å². The topological polar surface area (TPSA) is 68.3 Å². The van der Waals surface area contributed by atoms with Crippen molar-refractivity contribution >= 4 is 19.7 Å². The molecule has 2 rings (SSSR count). The molecule has 0 spiro atoms. The molecule has 94 valence electrons. The van der Waals surface area contributed by atoms with Gasteiger partial charge in [-0.05, 0) is 0 Å². The fourth-order valence-electron chi connectivity index (χ4n) is 2.63. The van der Waals surface area contributed by atoms with Crippen LogP contribution in [0.15, 0.2) is 0 Å². The largest absolute Gasteiger partial charge is 0.327 e. The number of hydrogen-bond donors (Lipinski definition) is 0. The Bertz CT molecular complexity index is 488. The van der Waals surface area contributed by atoms with Crippen LogP contribution in [0.1, 0.15) is 0 Å². The number of sulfone groups is 2. The van der Waals surface area contributed by atoms with E-state index < -0.39 is 24.9 Å². The monoisotopic (exact) mass is 268 g/mol. The lowest BCUT2D eigenvalue weighted by atomic mass is 10.00. The molecule has 0 amide bonds. The first-order valence-corrected chi connectivity index (χ1v) is 8.80. The molecule has 2 saturated heterocycles. The molecule has 0 aromatic rings. The minimum absolute atomic E-state index is 0.0468. The van der Waals surface area contributed by atoms with Crippen molar-refractivity contribution < 1.29 is 21.3 Å². The van der Waals surface area contributed by atoms with Crippen LogP contribution in [0.2, 0.25) is 0 Å². The zero-order valence-electron chi connectivity index (χ0n) is 9.75. The Morgan fingerprint density at radius 2 is 1.44 bits per heavy atom. The van der Waals surface area contributed by atoms with Gasteiger partial charge in [0.05, 0.1) is 32.6 Å². The molecular formula is C9H18NO4S2+. The Kier molecular flexibility index (Phi) is 2.47. The Morgan fingerprint density at radius 1 is 0.938 bits per heavy atom. The highest BCUT2D eigenvalue weighted by atomic mass is 32.2. The van der Waals surface area contributed by atoms with Crippen LogP contribution < -0.4 is 0 Å². The van der Waals surface area contributed by atoms with Gasteiger partial charge in [-0.25, -0.2) is 16.8 Å². The summed E-state index contributed by atoms with van der Waals surface area (Å²) in [6.45, 7) is 0. The average Bonchev–Trinajstić information content (AvgIpc) is 1.95. The third kappa shape index (κ3) is 1.89. The van der Waals surface area contributed by atoms with Crippen molar-refractivity contribution in [3.8, 4) is 0 Å². The van der Waals surface area contributed by atoms with Crippen LogP contribution >= 0.6 is 0 Å². The van der Waals surface area contributed by atoms with Gasteiger partial charge in [-0.3, -0.25) is 0 Å². The van der Waals surface area contributed by atoms with E-state index in [4.69, 9.17) is 0 Å². The van der Waals surface area contributed by atoms with E-state index in [1.54, 1.807) is 0 Å². The van der Waals surface area contributed by atoms with E-state index >= 15 is 0 Å². The summed E-state index contributed by atoms with van der Waals surface area (Å²) in [5.41, 5.74) is 0. The predicted molar refractivity (Wildman–Crippen MR) is 61.5 cm³/mol. The molecule has 0 aliphatic carbocycles. The maximum Gasteiger partial charge on any atom is 0.165 e. The molecule has 2 heterocycles. The normalized spacial score (nSPS) is 37.4. The van der Waals surface area contributed by atoms with Crippen molar-refractivity contribution in [2.45, 2.75) is 11.3 Å². The summed E-state index contributed by atoms with van der Waals surface area (Å²) in [7, 11) is -0.114. The van der Waals surface area contributed by atoms with Crippen molar-refractivity contribution in [1.82, 2.24) is 0 Å². The second-order valence-corrected chi connectivity index (χ2v) is 10.2. The van der Waals surface area contributed by atoms with Crippen molar-refractivity contribution in [3.05, 3.63) is 0 Å². The van der Waals surface area contributed by atoms with Crippen molar-refractivity contribution in [1.29, 1.82) is 0 Å². The molecule has 0 N–H and O–H groups in total. The summed E-state index contributed by atoms with van der Waals surface area (Å²) in [5, 5.41) is -0.448. The molecular weight excluding hydrogens is 250 g/mol. The maximum atomic E-state index is 11.7. The molecule has 2 fully saturated rings. The molecule has 0 aromatic carbocycles. The minimum Gasteiger partial charge on any atom is -0.327 e. The highest BCUT2D eigenvalue weighted by molar-refractivity contribution is 7.94. The zero-order valence-corrected chi connectivity index (χ0v) is 11.4. The van der Waals surface area contributed by atoms with E-state index in [2.05, 4.69) is 0 Å². The summed E-state index contributed by atoms with van der Waals surface area (Å²) in [4.78, 5) is 0. The van der Waals surface area contributed by atoms with Crippen LogP contribution in [-0.4, -0.2) is 71.0 Å². The number of rotatable bonds is 2. The molecule has 0 aromatic heterocycles. The average molecular weight is 268 g/mol. The number of hydrogen-bond acceptors (Lipinski definition) is 4. The maximum absolute atomic E-state index is 11.7. The summed E-state index contributed by atoms with van der Waals surface area (Å²) >= 11 is 0. The fourth-order valence-corrected chi connectivity index (χ4v) is 7.20. The van der Waals surface area contributed by atoms with Gasteiger partial charge in [-0.1, -0.05) is 0 Å². The Labute approximate surface area is 96.9 Å². The lowest BCUT2D eigenvalue weighted by Gasteiger charge is -2.49. The zero-order chi connectivity index (χ0) is 12.4. The first-order chi connectivity index (χ1) is 7.03. The summed E-state index contributed by atoms with van der Waals surface area (Å²) in [6, 6.07) is 0.0468. The van der Waals surface area contributed by atoms with Gasteiger partial charge in [0.15, 0.2) is 19.7 Å². The van der Waals surface area contributed by atoms with Gasteiger partial charge in [0, 0.05) is 5.92 Å². The molecule has 0 bridgehead atoms. The molecule has 7 heteroatoms. The fraction of sp³-hybridized carbons (Fsp3) is 1.00. The molecule has 16 heavy (non-hydrogen) atoms. The van der Waals surface area contributed by atoms with E-state index in [-0.39, 0.29) is 29.2 Å². The van der Waals surface area contributed by atoms with Crippen molar-refractivity contribution in [3.63, 3.8) is 0 Å². The molecule has 5 nitrogen and oxygen atoms in total. The molecule has 0 saturated carbocycles. The summed E-state index contributed by atoms with van der Waals surface area (Å²) < 4.78 is 46.2. The van der Waals surface area contributed by atoms with Crippen LogP contribution in [0.4, 0.5) is 0 Å². The second kappa shape index (κ2) is 3.20. The highest BCUT2D eigenvalue weighted by Crippen LogP contribution is 2.38. The SMILES string of the molecule is C[N+](C)(C)C1CS(=O)(=O)C1C1CS(=O)(=O)C1. The molecule has 2 aliphatic heterocycles. The van der Waals surface area contributed by atoms with Gasteiger partial charge in [0.25, 0.3) is 0 Å².